The lowest BCUT2D eigenvalue weighted by atomic mass is 9.89. The van der Waals surface area contributed by atoms with Gasteiger partial charge >= 0.3 is 0 Å². The number of carbonyl (C=O) groups excluding carboxylic acids is 1. The highest BCUT2D eigenvalue weighted by Gasteiger charge is 2.34. The van der Waals surface area contributed by atoms with E-state index in [0.29, 0.717) is 25.1 Å². The lowest BCUT2D eigenvalue weighted by Crippen LogP contribution is -2.41. The molecule has 1 unspecified atom stereocenters. The summed E-state index contributed by atoms with van der Waals surface area (Å²) >= 11 is 0. The van der Waals surface area contributed by atoms with Crippen molar-refractivity contribution < 1.29 is 17.9 Å². The monoisotopic (exact) mass is 442 g/mol. The summed E-state index contributed by atoms with van der Waals surface area (Å²) in [6, 6.07) is 13.9. The van der Waals surface area contributed by atoms with E-state index in [1.165, 1.54) is 6.07 Å². The minimum atomic E-state index is -3.61. The number of hydrogen-bond donors (Lipinski definition) is 1. The summed E-state index contributed by atoms with van der Waals surface area (Å²) < 4.78 is 33.9. The van der Waals surface area contributed by atoms with Crippen LogP contribution in [-0.4, -0.2) is 37.3 Å². The van der Waals surface area contributed by atoms with Gasteiger partial charge in [0.25, 0.3) is 5.91 Å². The molecule has 7 heteroatoms. The predicted octanol–water partition coefficient (Wildman–Crippen LogP) is 4.28. The molecule has 2 aliphatic heterocycles. The fourth-order valence-corrected chi connectivity index (χ4v) is 5.96. The largest absolute Gasteiger partial charge is 0.487 e. The molecule has 2 aromatic rings. The lowest BCUT2D eigenvalue weighted by Gasteiger charge is -2.37. The van der Waals surface area contributed by atoms with Crippen molar-refractivity contribution in [3.8, 4) is 5.75 Å². The van der Waals surface area contributed by atoms with Gasteiger partial charge in [0.1, 0.15) is 11.4 Å². The van der Waals surface area contributed by atoms with Crippen molar-refractivity contribution in [3.05, 3.63) is 59.7 Å². The van der Waals surface area contributed by atoms with Crippen molar-refractivity contribution >= 4 is 15.9 Å². The van der Waals surface area contributed by atoms with Crippen LogP contribution in [0, 0.1) is 0 Å². The van der Waals surface area contributed by atoms with Gasteiger partial charge in [-0.2, -0.15) is 4.31 Å². The molecule has 1 atom stereocenters. The van der Waals surface area contributed by atoms with E-state index in [1.807, 2.05) is 38.1 Å². The number of ether oxygens (including phenoxy) is 1. The Kier molecular flexibility index (Phi) is 6.08. The zero-order valence-electron chi connectivity index (χ0n) is 18.1. The van der Waals surface area contributed by atoms with Crippen molar-refractivity contribution in [2.24, 2.45) is 0 Å². The molecule has 0 saturated carbocycles. The number of nitrogens with one attached hydrogen (secondary N) is 1. The summed E-state index contributed by atoms with van der Waals surface area (Å²) in [5.74, 6) is 0.479. The third-order valence-electron chi connectivity index (χ3n) is 5.98. The van der Waals surface area contributed by atoms with Gasteiger partial charge in [0.2, 0.25) is 10.0 Å². The first-order valence-electron chi connectivity index (χ1n) is 11.0. The van der Waals surface area contributed by atoms with Crippen molar-refractivity contribution in [2.75, 3.05) is 13.1 Å². The first-order valence-corrected chi connectivity index (χ1v) is 12.4. The number of sulfonamides is 1. The molecule has 1 saturated heterocycles. The second-order valence-corrected chi connectivity index (χ2v) is 10.9. The topological polar surface area (TPSA) is 75.7 Å². The Morgan fingerprint density at radius 2 is 1.74 bits per heavy atom. The first-order chi connectivity index (χ1) is 14.8. The number of nitrogens with zero attached hydrogens (tertiary/aromatic N) is 1. The van der Waals surface area contributed by atoms with Crippen LogP contribution in [0.2, 0.25) is 0 Å². The molecule has 166 valence electrons. The Morgan fingerprint density at radius 1 is 1.03 bits per heavy atom. The Bertz CT molecular complexity index is 1060. The molecule has 0 bridgehead atoms. The molecule has 2 aliphatic rings. The quantitative estimate of drug-likeness (QED) is 0.767. The number of carbonyl (C=O) groups is 1. The molecule has 4 rings (SSSR count). The SMILES string of the molecule is CC1(C)CC(NC(=O)c2cccc(S(=O)(=O)N3CCCCCC3)c2)c2ccccc2O1. The van der Waals surface area contributed by atoms with Gasteiger partial charge in [-0.1, -0.05) is 37.1 Å². The summed E-state index contributed by atoms with van der Waals surface area (Å²) in [4.78, 5) is 13.3. The molecule has 0 spiro atoms. The van der Waals surface area contributed by atoms with E-state index in [9.17, 15) is 13.2 Å². The minimum Gasteiger partial charge on any atom is -0.487 e. The molecular formula is C24H30N2O4S. The van der Waals surface area contributed by atoms with E-state index in [0.717, 1.165) is 37.0 Å². The first kappa shape index (κ1) is 21.8. The molecular weight excluding hydrogens is 412 g/mol. The van der Waals surface area contributed by atoms with Crippen molar-refractivity contribution in [2.45, 2.75) is 62.5 Å². The number of para-hydroxylation sites is 1. The third-order valence-corrected chi connectivity index (χ3v) is 7.88. The zero-order valence-corrected chi connectivity index (χ0v) is 19.0. The molecule has 1 amide bonds. The van der Waals surface area contributed by atoms with Gasteiger partial charge in [-0.25, -0.2) is 8.42 Å². The number of hydrogen-bond acceptors (Lipinski definition) is 4. The molecule has 1 fully saturated rings. The molecule has 0 aromatic heterocycles. The third kappa shape index (κ3) is 4.77. The van der Waals surface area contributed by atoms with E-state index in [1.54, 1.807) is 22.5 Å². The zero-order chi connectivity index (χ0) is 22.1. The van der Waals surface area contributed by atoms with Gasteiger partial charge in [0.05, 0.1) is 10.9 Å². The normalized spacial score (nSPS) is 21.4. The summed E-state index contributed by atoms with van der Waals surface area (Å²) in [6.07, 6.45) is 4.48. The van der Waals surface area contributed by atoms with Crippen LogP contribution in [-0.2, 0) is 10.0 Å². The standard InChI is InChI=1S/C24H30N2O4S/c1-24(2)17-21(20-12-5-6-13-22(20)30-24)25-23(27)18-10-9-11-19(16-18)31(28,29)26-14-7-3-4-8-15-26/h5-6,9-13,16,21H,3-4,7-8,14-15,17H2,1-2H3,(H,25,27). The van der Waals surface area contributed by atoms with Gasteiger partial charge in [0, 0.05) is 30.6 Å². The number of rotatable bonds is 4. The smallest absolute Gasteiger partial charge is 0.251 e. The molecule has 1 N–H and O–H groups in total. The van der Waals surface area contributed by atoms with Gasteiger partial charge in [-0.15, -0.1) is 0 Å². The second kappa shape index (κ2) is 8.63. The molecule has 2 heterocycles. The van der Waals surface area contributed by atoms with E-state index in [4.69, 9.17) is 4.74 Å². The number of fused-ring (bicyclic) bond motifs is 1. The van der Waals surface area contributed by atoms with E-state index in [-0.39, 0.29) is 16.8 Å². The van der Waals surface area contributed by atoms with Gasteiger partial charge in [-0.05, 0) is 51.0 Å². The summed E-state index contributed by atoms with van der Waals surface area (Å²) in [5.41, 5.74) is 0.866. The highest BCUT2D eigenvalue weighted by atomic mass is 32.2. The molecule has 6 nitrogen and oxygen atoms in total. The van der Waals surface area contributed by atoms with Crippen LogP contribution < -0.4 is 10.1 Å². The van der Waals surface area contributed by atoms with Crippen LogP contribution in [0.25, 0.3) is 0 Å². The van der Waals surface area contributed by atoms with E-state index < -0.39 is 15.6 Å². The predicted molar refractivity (Wildman–Crippen MR) is 120 cm³/mol. The maximum Gasteiger partial charge on any atom is 0.251 e. The Hall–Kier alpha value is -2.38. The fourth-order valence-electron chi connectivity index (χ4n) is 4.40. The lowest BCUT2D eigenvalue weighted by molar-refractivity contribution is 0.0619. The molecule has 2 aromatic carbocycles. The molecule has 0 radical (unpaired) electrons. The van der Waals surface area contributed by atoms with Crippen LogP contribution in [0.3, 0.4) is 0 Å². The van der Waals surface area contributed by atoms with Crippen molar-refractivity contribution in [3.63, 3.8) is 0 Å². The van der Waals surface area contributed by atoms with Crippen LogP contribution in [0.15, 0.2) is 53.4 Å². The van der Waals surface area contributed by atoms with E-state index in [2.05, 4.69) is 5.32 Å². The van der Waals surface area contributed by atoms with Gasteiger partial charge in [-0.3, -0.25) is 4.79 Å². The Labute approximate surface area is 184 Å². The average molecular weight is 443 g/mol. The van der Waals surface area contributed by atoms with Crippen LogP contribution >= 0.6 is 0 Å². The number of benzene rings is 2. The van der Waals surface area contributed by atoms with Gasteiger partial charge in [0.15, 0.2) is 0 Å². The Balaban J connectivity index is 1.56. The summed E-state index contributed by atoms with van der Waals surface area (Å²) in [7, 11) is -3.61. The van der Waals surface area contributed by atoms with E-state index >= 15 is 0 Å². The van der Waals surface area contributed by atoms with Crippen LogP contribution in [0.1, 0.15) is 67.9 Å². The minimum absolute atomic E-state index is 0.176. The maximum atomic E-state index is 13.1. The summed E-state index contributed by atoms with van der Waals surface area (Å²) in [5, 5.41) is 3.09. The molecule has 0 aliphatic carbocycles. The maximum absolute atomic E-state index is 13.1. The highest BCUT2D eigenvalue weighted by Crippen LogP contribution is 2.39. The fraction of sp³-hybridized carbons (Fsp3) is 0.458. The highest BCUT2D eigenvalue weighted by molar-refractivity contribution is 7.89. The number of amides is 1. The molecule has 31 heavy (non-hydrogen) atoms. The summed E-state index contributed by atoms with van der Waals surface area (Å²) in [6.45, 7) is 5.06. The van der Waals surface area contributed by atoms with Crippen molar-refractivity contribution in [1.82, 2.24) is 9.62 Å². The second-order valence-electron chi connectivity index (χ2n) is 8.98. The van der Waals surface area contributed by atoms with Crippen LogP contribution in [0.5, 0.6) is 5.75 Å². The van der Waals surface area contributed by atoms with Gasteiger partial charge < -0.3 is 10.1 Å². The Morgan fingerprint density at radius 3 is 2.48 bits per heavy atom. The van der Waals surface area contributed by atoms with Crippen LogP contribution in [0.4, 0.5) is 0 Å². The average Bonchev–Trinajstić information content (AvgIpc) is 3.03. The van der Waals surface area contributed by atoms with Crippen molar-refractivity contribution in [1.29, 1.82) is 0 Å².